The summed E-state index contributed by atoms with van der Waals surface area (Å²) in [6.45, 7) is 6.86. The van der Waals surface area contributed by atoms with Crippen molar-refractivity contribution in [3.8, 4) is 0 Å². The molecule has 1 aliphatic carbocycles. The van der Waals surface area contributed by atoms with Crippen molar-refractivity contribution in [1.82, 2.24) is 14.9 Å². The topological polar surface area (TPSA) is 67.2 Å². The second-order valence-corrected chi connectivity index (χ2v) is 5.66. The van der Waals surface area contributed by atoms with E-state index in [1.54, 1.807) is 0 Å². The van der Waals surface area contributed by atoms with Gasteiger partial charge in [0.25, 0.3) is 0 Å². The van der Waals surface area contributed by atoms with Crippen LogP contribution in [0, 0.1) is 0 Å². The minimum Gasteiger partial charge on any atom is -0.480 e. The van der Waals surface area contributed by atoms with E-state index in [1.165, 1.54) is 0 Å². The predicted molar refractivity (Wildman–Crippen MR) is 73.2 cm³/mol. The highest BCUT2D eigenvalue weighted by atomic mass is 16.4. The van der Waals surface area contributed by atoms with E-state index in [2.05, 4.69) is 28.7 Å². The molecule has 0 bridgehead atoms. The Morgan fingerprint density at radius 2 is 2.42 bits per heavy atom. The molecular formula is C14H23N3O2. The fraction of sp³-hybridized carbons (Fsp3) is 0.714. The van der Waals surface area contributed by atoms with Crippen molar-refractivity contribution < 1.29 is 9.90 Å². The van der Waals surface area contributed by atoms with Crippen LogP contribution >= 0.6 is 0 Å². The van der Waals surface area contributed by atoms with E-state index >= 15 is 0 Å². The second kappa shape index (κ2) is 5.33. The third-order valence-corrected chi connectivity index (χ3v) is 4.02. The number of hydrogen-bond acceptors (Lipinski definition) is 3. The summed E-state index contributed by atoms with van der Waals surface area (Å²) in [7, 11) is 0. The van der Waals surface area contributed by atoms with Crippen LogP contribution in [0.3, 0.4) is 0 Å². The molecule has 0 saturated heterocycles. The highest BCUT2D eigenvalue weighted by molar-refractivity contribution is 5.79. The molecule has 5 nitrogen and oxygen atoms in total. The van der Waals surface area contributed by atoms with Crippen molar-refractivity contribution in [1.29, 1.82) is 0 Å². The maximum atomic E-state index is 11.6. The van der Waals surface area contributed by atoms with Crippen LogP contribution in [0.4, 0.5) is 0 Å². The molecule has 1 saturated carbocycles. The summed E-state index contributed by atoms with van der Waals surface area (Å²) in [5.74, 6) is 0.666. The predicted octanol–water partition coefficient (Wildman–Crippen LogP) is 2.16. The van der Waals surface area contributed by atoms with Crippen LogP contribution in [0.25, 0.3) is 0 Å². The quantitative estimate of drug-likeness (QED) is 0.856. The molecule has 5 heteroatoms. The Bertz CT molecular complexity index is 455. The molecule has 1 heterocycles. The van der Waals surface area contributed by atoms with E-state index in [9.17, 15) is 9.90 Å². The number of nitrogens with zero attached hydrogens (tertiary/aromatic N) is 2. The Morgan fingerprint density at radius 1 is 1.68 bits per heavy atom. The van der Waals surface area contributed by atoms with Crippen LogP contribution in [0.2, 0.25) is 0 Å². The van der Waals surface area contributed by atoms with Crippen LogP contribution in [-0.4, -0.2) is 32.7 Å². The molecule has 19 heavy (non-hydrogen) atoms. The number of nitrogens with one attached hydrogen (secondary N) is 1. The van der Waals surface area contributed by atoms with Crippen molar-refractivity contribution in [3.05, 3.63) is 18.2 Å². The molecule has 2 unspecified atom stereocenters. The van der Waals surface area contributed by atoms with Gasteiger partial charge < -0.3 is 15.0 Å². The lowest BCUT2D eigenvalue weighted by Gasteiger charge is -2.26. The molecule has 2 atom stereocenters. The van der Waals surface area contributed by atoms with Crippen molar-refractivity contribution in [2.75, 3.05) is 6.54 Å². The SMILES string of the molecule is CCNC1(C(=O)O)CCC(n2ccnc2C(C)C)C1. The van der Waals surface area contributed by atoms with Gasteiger partial charge in [-0.25, -0.2) is 4.98 Å². The number of aromatic nitrogens is 2. The summed E-state index contributed by atoms with van der Waals surface area (Å²) in [5.41, 5.74) is -0.766. The van der Waals surface area contributed by atoms with Gasteiger partial charge in [0.2, 0.25) is 0 Å². The maximum absolute atomic E-state index is 11.6. The molecule has 0 amide bonds. The summed E-state index contributed by atoms with van der Waals surface area (Å²) in [6.07, 6.45) is 5.98. The summed E-state index contributed by atoms with van der Waals surface area (Å²) >= 11 is 0. The minimum absolute atomic E-state index is 0.232. The van der Waals surface area contributed by atoms with E-state index in [0.717, 1.165) is 12.2 Å². The Kier molecular flexibility index (Phi) is 3.94. The number of hydrogen-bond donors (Lipinski definition) is 2. The number of likely N-dealkylation sites (N-methyl/N-ethyl adjacent to an activating group) is 1. The zero-order valence-electron chi connectivity index (χ0n) is 11.9. The Labute approximate surface area is 114 Å². The van der Waals surface area contributed by atoms with Crippen molar-refractivity contribution in [2.45, 2.75) is 57.5 Å². The zero-order valence-corrected chi connectivity index (χ0v) is 11.9. The molecule has 0 spiro atoms. The van der Waals surface area contributed by atoms with Gasteiger partial charge >= 0.3 is 5.97 Å². The number of imidazole rings is 1. The van der Waals surface area contributed by atoms with Gasteiger partial charge in [-0.1, -0.05) is 20.8 Å². The van der Waals surface area contributed by atoms with Crippen molar-refractivity contribution in [3.63, 3.8) is 0 Å². The Hall–Kier alpha value is -1.36. The highest BCUT2D eigenvalue weighted by Crippen LogP contribution is 2.39. The van der Waals surface area contributed by atoms with Gasteiger partial charge in [-0.3, -0.25) is 4.79 Å². The van der Waals surface area contributed by atoms with Crippen molar-refractivity contribution in [2.24, 2.45) is 0 Å². The fourth-order valence-electron chi connectivity index (χ4n) is 3.11. The van der Waals surface area contributed by atoms with Gasteiger partial charge in [0, 0.05) is 24.4 Å². The van der Waals surface area contributed by atoms with Gasteiger partial charge in [0.15, 0.2) is 0 Å². The first kappa shape index (κ1) is 14.1. The maximum Gasteiger partial charge on any atom is 0.323 e. The number of carbonyl (C=O) groups is 1. The highest BCUT2D eigenvalue weighted by Gasteiger charge is 2.45. The third kappa shape index (κ3) is 2.52. The molecule has 1 fully saturated rings. The van der Waals surface area contributed by atoms with Crippen LogP contribution < -0.4 is 5.32 Å². The van der Waals surface area contributed by atoms with Crippen molar-refractivity contribution >= 4 is 5.97 Å². The van der Waals surface area contributed by atoms with E-state index in [4.69, 9.17) is 0 Å². The number of rotatable bonds is 5. The van der Waals surface area contributed by atoms with Crippen LogP contribution in [0.15, 0.2) is 12.4 Å². The standard InChI is InChI=1S/C14H23N3O2/c1-4-16-14(13(18)19)6-5-11(9-14)17-8-7-15-12(17)10(2)3/h7-8,10-11,16H,4-6,9H2,1-3H3,(H,18,19). The largest absolute Gasteiger partial charge is 0.480 e. The van der Waals surface area contributed by atoms with E-state index in [0.29, 0.717) is 25.3 Å². The van der Waals surface area contributed by atoms with E-state index in [1.807, 2.05) is 19.3 Å². The van der Waals surface area contributed by atoms with E-state index in [-0.39, 0.29) is 6.04 Å². The average molecular weight is 265 g/mol. The molecule has 0 aliphatic heterocycles. The van der Waals surface area contributed by atoms with Gasteiger partial charge in [-0.15, -0.1) is 0 Å². The first-order valence-corrected chi connectivity index (χ1v) is 7.01. The minimum atomic E-state index is -0.766. The average Bonchev–Trinajstić information content (AvgIpc) is 2.94. The summed E-state index contributed by atoms with van der Waals surface area (Å²) in [4.78, 5) is 16.0. The lowest BCUT2D eigenvalue weighted by atomic mass is 9.97. The van der Waals surface area contributed by atoms with Gasteiger partial charge in [0.1, 0.15) is 11.4 Å². The summed E-state index contributed by atoms with van der Waals surface area (Å²) in [5, 5.41) is 12.7. The molecular weight excluding hydrogens is 242 g/mol. The molecule has 2 N–H and O–H groups in total. The Morgan fingerprint density at radius 3 is 3.00 bits per heavy atom. The number of aliphatic carboxylic acids is 1. The van der Waals surface area contributed by atoms with Gasteiger partial charge in [-0.2, -0.15) is 0 Å². The number of carboxylic acids is 1. The molecule has 106 valence electrons. The van der Waals surface area contributed by atoms with Crippen LogP contribution in [-0.2, 0) is 4.79 Å². The summed E-state index contributed by atoms with van der Waals surface area (Å²) in [6, 6.07) is 0.232. The lowest BCUT2D eigenvalue weighted by molar-refractivity contribution is -0.144. The first-order valence-electron chi connectivity index (χ1n) is 7.01. The molecule has 1 aliphatic rings. The smallest absolute Gasteiger partial charge is 0.323 e. The monoisotopic (exact) mass is 265 g/mol. The summed E-state index contributed by atoms with van der Waals surface area (Å²) < 4.78 is 2.16. The molecule has 1 aromatic heterocycles. The van der Waals surface area contributed by atoms with Gasteiger partial charge in [-0.05, 0) is 25.8 Å². The normalized spacial score (nSPS) is 27.1. The van der Waals surface area contributed by atoms with Crippen LogP contribution in [0.1, 0.15) is 57.8 Å². The molecule has 0 radical (unpaired) electrons. The van der Waals surface area contributed by atoms with Crippen LogP contribution in [0.5, 0.6) is 0 Å². The lowest BCUT2D eigenvalue weighted by Crippen LogP contribution is -2.50. The number of carboxylic acid groups (broad SMARTS) is 1. The first-order chi connectivity index (χ1) is 9.00. The third-order valence-electron chi connectivity index (χ3n) is 4.02. The zero-order chi connectivity index (χ0) is 14.0. The van der Waals surface area contributed by atoms with E-state index < -0.39 is 11.5 Å². The van der Waals surface area contributed by atoms with Gasteiger partial charge in [0.05, 0.1) is 0 Å². The molecule has 2 rings (SSSR count). The molecule has 0 aromatic carbocycles. The fourth-order valence-corrected chi connectivity index (χ4v) is 3.11. The molecule has 1 aromatic rings. The Balaban J connectivity index is 2.21. The second-order valence-electron chi connectivity index (χ2n) is 5.66.